The molecule has 1 heterocycles. The first-order chi connectivity index (χ1) is 6.83. The van der Waals surface area contributed by atoms with Gasteiger partial charge in [0.05, 0.1) is 0 Å². The van der Waals surface area contributed by atoms with Gasteiger partial charge in [0.2, 0.25) is 5.43 Å². The van der Waals surface area contributed by atoms with Crippen LogP contribution in [0.1, 0.15) is 23.4 Å². The third kappa shape index (κ3) is 1.41. The maximum atomic E-state index is 11.8. The molecule has 0 fully saturated rings. The average molecular weight is 188 g/mol. The third-order valence-electron chi connectivity index (χ3n) is 2.34. The lowest BCUT2D eigenvalue weighted by Gasteiger charge is -2.09. The van der Waals surface area contributed by atoms with Crippen LogP contribution in [0.25, 0.3) is 6.08 Å². The van der Waals surface area contributed by atoms with Gasteiger partial charge in [-0.3, -0.25) is 9.89 Å². The van der Waals surface area contributed by atoms with E-state index in [2.05, 4.69) is 16.8 Å². The zero-order chi connectivity index (χ0) is 9.97. The predicted octanol–water partition coefficient (Wildman–Crippen LogP) is 1.46. The van der Waals surface area contributed by atoms with Crippen molar-refractivity contribution in [1.82, 2.24) is 10.2 Å². The molecular weight excluding hydrogens is 176 g/mol. The Labute approximate surface area is 82.2 Å². The van der Waals surface area contributed by atoms with Gasteiger partial charge in [0.25, 0.3) is 0 Å². The zero-order valence-corrected chi connectivity index (χ0v) is 7.92. The zero-order valence-electron chi connectivity index (χ0n) is 7.92. The summed E-state index contributed by atoms with van der Waals surface area (Å²) in [4.78, 5) is 11.8. The number of aryl methyl sites for hydroxylation is 1. The largest absolute Gasteiger partial charge is 0.287 e. The van der Waals surface area contributed by atoms with Gasteiger partial charge in [-0.25, -0.2) is 0 Å². The molecule has 3 heteroatoms. The second-order valence-electron chi connectivity index (χ2n) is 3.33. The fourth-order valence-electron chi connectivity index (χ4n) is 1.61. The van der Waals surface area contributed by atoms with Gasteiger partial charge in [-0.15, -0.1) is 6.58 Å². The molecule has 0 radical (unpaired) electrons. The minimum atomic E-state index is 0.0367. The van der Waals surface area contributed by atoms with Gasteiger partial charge < -0.3 is 0 Å². The number of allylic oxidation sites excluding steroid dienone is 2. The van der Waals surface area contributed by atoms with E-state index in [1.165, 1.54) is 0 Å². The summed E-state index contributed by atoms with van der Waals surface area (Å²) in [5, 5.41) is 6.97. The molecule has 0 aliphatic heterocycles. The number of nitrogens with one attached hydrogen (secondary N) is 1. The molecule has 1 N–H and O–H groups in total. The summed E-state index contributed by atoms with van der Waals surface area (Å²) in [5.41, 5.74) is 2.30. The van der Waals surface area contributed by atoms with Crippen LogP contribution in [0.3, 0.4) is 0 Å². The molecule has 0 saturated carbocycles. The first kappa shape index (κ1) is 8.94. The molecule has 2 rings (SSSR count). The van der Waals surface area contributed by atoms with Crippen LogP contribution in [0.5, 0.6) is 0 Å². The fourth-order valence-corrected chi connectivity index (χ4v) is 1.61. The molecule has 0 amide bonds. The molecule has 0 unspecified atom stereocenters. The molecule has 1 aromatic rings. The Morgan fingerprint density at radius 2 is 2.50 bits per heavy atom. The van der Waals surface area contributed by atoms with Crippen LogP contribution in [0.2, 0.25) is 0 Å². The summed E-state index contributed by atoms with van der Waals surface area (Å²) in [6, 6.07) is 0. The van der Waals surface area contributed by atoms with Crippen molar-refractivity contribution in [2.24, 2.45) is 0 Å². The van der Waals surface area contributed by atoms with Crippen molar-refractivity contribution in [2.45, 2.75) is 19.3 Å². The summed E-state index contributed by atoms with van der Waals surface area (Å²) in [7, 11) is 0. The Morgan fingerprint density at radius 1 is 1.64 bits per heavy atom. The number of H-pyrrole nitrogens is 1. The molecule has 0 atom stereocenters. The number of rotatable bonds is 2. The van der Waals surface area contributed by atoms with Gasteiger partial charge in [-0.05, 0) is 12.8 Å². The van der Waals surface area contributed by atoms with Crippen LogP contribution in [-0.2, 0) is 12.8 Å². The lowest BCUT2D eigenvalue weighted by Crippen LogP contribution is -2.19. The van der Waals surface area contributed by atoms with Gasteiger partial charge in [0.15, 0.2) is 0 Å². The molecule has 72 valence electrons. The second kappa shape index (κ2) is 3.62. The number of nitrogens with zero attached hydrogens (tertiary/aromatic N) is 1. The molecule has 0 saturated heterocycles. The lowest BCUT2D eigenvalue weighted by molar-refractivity contribution is 0.825. The number of aromatic amines is 1. The normalized spacial score (nSPS) is 13.7. The SMILES string of the molecule is C=CCc1n[nH]c2c(c1=O)C=CCC2. The lowest BCUT2D eigenvalue weighted by atomic mass is 10.0. The van der Waals surface area contributed by atoms with Crippen LogP contribution in [0.4, 0.5) is 0 Å². The van der Waals surface area contributed by atoms with Crippen molar-refractivity contribution in [3.8, 4) is 0 Å². The topological polar surface area (TPSA) is 45.8 Å². The minimum absolute atomic E-state index is 0.0367. The molecule has 0 bridgehead atoms. The summed E-state index contributed by atoms with van der Waals surface area (Å²) in [6.07, 6.45) is 7.97. The summed E-state index contributed by atoms with van der Waals surface area (Å²) in [5.74, 6) is 0. The first-order valence-electron chi connectivity index (χ1n) is 4.71. The fraction of sp³-hybridized carbons (Fsp3) is 0.273. The van der Waals surface area contributed by atoms with E-state index in [1.54, 1.807) is 6.08 Å². The highest BCUT2D eigenvalue weighted by Crippen LogP contribution is 2.12. The number of hydrogen-bond donors (Lipinski definition) is 1. The van der Waals surface area contributed by atoms with Gasteiger partial charge >= 0.3 is 0 Å². The Kier molecular flexibility index (Phi) is 2.31. The number of fused-ring (bicyclic) bond motifs is 1. The van der Waals surface area contributed by atoms with Gasteiger partial charge in [-0.1, -0.05) is 18.2 Å². The Balaban J connectivity index is 2.56. The molecular formula is C11H12N2O. The van der Waals surface area contributed by atoms with Crippen LogP contribution < -0.4 is 5.43 Å². The highest BCUT2D eigenvalue weighted by atomic mass is 16.1. The van der Waals surface area contributed by atoms with E-state index in [9.17, 15) is 4.79 Å². The molecule has 1 aliphatic rings. The average Bonchev–Trinajstić information content (AvgIpc) is 2.23. The van der Waals surface area contributed by atoms with Crippen molar-refractivity contribution in [1.29, 1.82) is 0 Å². The minimum Gasteiger partial charge on any atom is -0.287 e. The molecule has 1 aliphatic carbocycles. The van der Waals surface area contributed by atoms with Gasteiger partial charge in [0.1, 0.15) is 5.69 Å². The van der Waals surface area contributed by atoms with E-state index in [4.69, 9.17) is 0 Å². The number of aromatic nitrogens is 2. The van der Waals surface area contributed by atoms with Crippen molar-refractivity contribution < 1.29 is 0 Å². The van der Waals surface area contributed by atoms with Crippen molar-refractivity contribution in [3.63, 3.8) is 0 Å². The Hall–Kier alpha value is -1.64. The van der Waals surface area contributed by atoms with E-state index >= 15 is 0 Å². The highest BCUT2D eigenvalue weighted by molar-refractivity contribution is 5.54. The molecule has 14 heavy (non-hydrogen) atoms. The van der Waals surface area contributed by atoms with Crippen molar-refractivity contribution >= 4 is 6.08 Å². The van der Waals surface area contributed by atoms with Crippen LogP contribution in [-0.4, -0.2) is 10.2 Å². The molecule has 1 aromatic heterocycles. The molecule has 0 spiro atoms. The van der Waals surface area contributed by atoms with E-state index in [0.717, 1.165) is 24.1 Å². The van der Waals surface area contributed by atoms with Gasteiger partial charge in [0, 0.05) is 17.7 Å². The van der Waals surface area contributed by atoms with E-state index in [1.807, 2.05) is 12.2 Å². The van der Waals surface area contributed by atoms with E-state index in [0.29, 0.717) is 12.1 Å². The maximum Gasteiger partial charge on any atom is 0.211 e. The predicted molar refractivity (Wildman–Crippen MR) is 56.1 cm³/mol. The van der Waals surface area contributed by atoms with Crippen LogP contribution in [0.15, 0.2) is 23.5 Å². The number of hydrogen-bond acceptors (Lipinski definition) is 2. The first-order valence-corrected chi connectivity index (χ1v) is 4.71. The summed E-state index contributed by atoms with van der Waals surface area (Å²) < 4.78 is 0. The van der Waals surface area contributed by atoms with E-state index in [-0.39, 0.29) is 5.43 Å². The van der Waals surface area contributed by atoms with E-state index < -0.39 is 0 Å². The van der Waals surface area contributed by atoms with Crippen molar-refractivity contribution in [2.75, 3.05) is 0 Å². The van der Waals surface area contributed by atoms with Crippen molar-refractivity contribution in [3.05, 3.63) is 45.9 Å². The standard InChI is InChI=1S/C11H12N2O/c1-2-5-10-11(14)8-6-3-4-7-9(8)12-13-10/h2-3,6H,1,4-5,7H2,(H,12,14). The Bertz CT molecular complexity index is 443. The highest BCUT2D eigenvalue weighted by Gasteiger charge is 2.11. The summed E-state index contributed by atoms with van der Waals surface area (Å²) in [6.45, 7) is 3.60. The monoisotopic (exact) mass is 188 g/mol. The second-order valence-corrected chi connectivity index (χ2v) is 3.33. The van der Waals surface area contributed by atoms with Gasteiger partial charge in [-0.2, -0.15) is 5.10 Å². The smallest absolute Gasteiger partial charge is 0.211 e. The Morgan fingerprint density at radius 3 is 3.29 bits per heavy atom. The van der Waals surface area contributed by atoms with Crippen LogP contribution >= 0.6 is 0 Å². The quantitative estimate of drug-likeness (QED) is 0.714. The maximum absolute atomic E-state index is 11.8. The molecule has 0 aromatic carbocycles. The molecule has 3 nitrogen and oxygen atoms in total. The van der Waals surface area contributed by atoms with Crippen LogP contribution in [0, 0.1) is 0 Å². The summed E-state index contributed by atoms with van der Waals surface area (Å²) >= 11 is 0. The third-order valence-corrected chi connectivity index (χ3v) is 2.34.